The molecule has 2 aromatic carbocycles. The summed E-state index contributed by atoms with van der Waals surface area (Å²) >= 11 is 0. The maximum absolute atomic E-state index is 12.9. The number of hydrogen-bond donors (Lipinski definition) is 0. The van der Waals surface area contributed by atoms with E-state index in [1.807, 2.05) is 42.2 Å². The highest BCUT2D eigenvalue weighted by atomic mass is 19.4. The van der Waals surface area contributed by atoms with Crippen LogP contribution in [-0.2, 0) is 12.7 Å². The highest BCUT2D eigenvalue weighted by Crippen LogP contribution is 2.33. The van der Waals surface area contributed by atoms with Gasteiger partial charge >= 0.3 is 6.18 Å². The van der Waals surface area contributed by atoms with Crippen molar-refractivity contribution in [1.82, 2.24) is 15.0 Å². The molecular formula is C22H20F3N5O. The molecule has 1 fully saturated rings. The van der Waals surface area contributed by atoms with E-state index in [0.29, 0.717) is 50.1 Å². The largest absolute Gasteiger partial charge is 0.416 e. The summed E-state index contributed by atoms with van der Waals surface area (Å²) in [6, 6.07) is 13.0. The standard InChI is InChI=1S/C22H20F3N5O/c1-15-4-2-3-5-18(15)21-27-20(31-28-21)14-29-8-10-30(11-9-29)19-7-6-17(22(23,24)25)12-16(19)13-26/h2-7,12H,8-11,14H2,1H3. The second-order valence-corrected chi connectivity index (χ2v) is 7.43. The first-order valence-electron chi connectivity index (χ1n) is 9.82. The van der Waals surface area contributed by atoms with Gasteiger partial charge in [0.15, 0.2) is 0 Å². The van der Waals surface area contributed by atoms with Gasteiger partial charge in [0.25, 0.3) is 0 Å². The molecule has 0 saturated carbocycles. The molecule has 4 rings (SSSR count). The van der Waals surface area contributed by atoms with Gasteiger partial charge < -0.3 is 9.42 Å². The lowest BCUT2D eigenvalue weighted by atomic mass is 10.1. The number of anilines is 1. The molecule has 3 aromatic rings. The molecule has 0 bridgehead atoms. The number of halogens is 3. The van der Waals surface area contributed by atoms with E-state index >= 15 is 0 Å². The van der Waals surface area contributed by atoms with E-state index in [9.17, 15) is 18.4 Å². The van der Waals surface area contributed by atoms with Crippen molar-refractivity contribution in [3.63, 3.8) is 0 Å². The number of benzene rings is 2. The molecule has 0 unspecified atom stereocenters. The number of aryl methyl sites for hydroxylation is 1. The smallest absolute Gasteiger partial charge is 0.368 e. The normalized spacial score (nSPS) is 15.1. The third kappa shape index (κ3) is 4.54. The van der Waals surface area contributed by atoms with Crippen LogP contribution in [0, 0.1) is 18.3 Å². The molecule has 0 radical (unpaired) electrons. The maximum atomic E-state index is 12.9. The third-order valence-corrected chi connectivity index (χ3v) is 5.37. The SMILES string of the molecule is Cc1ccccc1-c1noc(CN2CCN(c3ccc(C(F)(F)F)cc3C#N)CC2)n1. The van der Waals surface area contributed by atoms with E-state index in [0.717, 1.165) is 23.3 Å². The van der Waals surface area contributed by atoms with Crippen LogP contribution in [0.4, 0.5) is 18.9 Å². The van der Waals surface area contributed by atoms with Crippen LogP contribution in [0.1, 0.15) is 22.6 Å². The van der Waals surface area contributed by atoms with Crippen molar-refractivity contribution < 1.29 is 17.7 Å². The summed E-state index contributed by atoms with van der Waals surface area (Å²) < 4.78 is 44.2. The van der Waals surface area contributed by atoms with E-state index in [-0.39, 0.29) is 5.56 Å². The Hall–Kier alpha value is -3.38. The van der Waals surface area contributed by atoms with Gasteiger partial charge in [0.2, 0.25) is 11.7 Å². The predicted molar refractivity (Wildman–Crippen MR) is 108 cm³/mol. The first-order chi connectivity index (χ1) is 14.8. The molecular weight excluding hydrogens is 407 g/mol. The lowest BCUT2D eigenvalue weighted by Crippen LogP contribution is -2.46. The summed E-state index contributed by atoms with van der Waals surface area (Å²) in [7, 11) is 0. The topological polar surface area (TPSA) is 69.2 Å². The molecule has 1 aliphatic rings. The molecule has 6 nitrogen and oxygen atoms in total. The Balaban J connectivity index is 1.40. The van der Waals surface area contributed by atoms with Gasteiger partial charge in [-0.25, -0.2) is 0 Å². The molecule has 0 amide bonds. The van der Waals surface area contributed by atoms with Gasteiger partial charge in [0.1, 0.15) is 6.07 Å². The van der Waals surface area contributed by atoms with Gasteiger partial charge in [-0.2, -0.15) is 23.4 Å². The molecule has 0 aliphatic carbocycles. The number of aromatic nitrogens is 2. The Morgan fingerprint density at radius 2 is 1.84 bits per heavy atom. The third-order valence-electron chi connectivity index (χ3n) is 5.37. The van der Waals surface area contributed by atoms with Crippen LogP contribution >= 0.6 is 0 Å². The van der Waals surface area contributed by atoms with Gasteiger partial charge in [-0.1, -0.05) is 29.4 Å². The fourth-order valence-electron chi connectivity index (χ4n) is 3.67. The minimum atomic E-state index is -4.47. The highest BCUT2D eigenvalue weighted by Gasteiger charge is 2.32. The number of nitrogens with zero attached hydrogens (tertiary/aromatic N) is 5. The number of alkyl halides is 3. The van der Waals surface area contributed by atoms with Crippen molar-refractivity contribution in [3.05, 3.63) is 65.0 Å². The Morgan fingerprint density at radius 1 is 1.10 bits per heavy atom. The van der Waals surface area contributed by atoms with Gasteiger partial charge in [-0.05, 0) is 30.7 Å². The zero-order valence-corrected chi connectivity index (χ0v) is 16.9. The fraction of sp³-hybridized carbons (Fsp3) is 0.318. The molecule has 2 heterocycles. The average molecular weight is 427 g/mol. The van der Waals surface area contributed by atoms with Crippen molar-refractivity contribution in [3.8, 4) is 17.5 Å². The monoisotopic (exact) mass is 427 g/mol. The first-order valence-corrected chi connectivity index (χ1v) is 9.82. The molecule has 9 heteroatoms. The quantitative estimate of drug-likeness (QED) is 0.620. The summed E-state index contributed by atoms with van der Waals surface area (Å²) in [4.78, 5) is 8.56. The van der Waals surface area contributed by atoms with Crippen molar-refractivity contribution in [1.29, 1.82) is 5.26 Å². The van der Waals surface area contributed by atoms with Gasteiger partial charge in [-0.3, -0.25) is 4.90 Å². The van der Waals surface area contributed by atoms with E-state index < -0.39 is 11.7 Å². The predicted octanol–water partition coefficient (Wildman–Crippen LogP) is 4.26. The first kappa shape index (κ1) is 20.9. The Bertz CT molecular complexity index is 1110. The number of nitriles is 1. The molecule has 160 valence electrons. The van der Waals surface area contributed by atoms with Crippen LogP contribution in [-0.4, -0.2) is 41.2 Å². The minimum Gasteiger partial charge on any atom is -0.368 e. The lowest BCUT2D eigenvalue weighted by molar-refractivity contribution is -0.137. The molecule has 0 atom stereocenters. The van der Waals surface area contributed by atoms with Gasteiger partial charge in [-0.15, -0.1) is 0 Å². The van der Waals surface area contributed by atoms with E-state index in [4.69, 9.17) is 4.52 Å². The van der Waals surface area contributed by atoms with Crippen LogP contribution in [0.2, 0.25) is 0 Å². The minimum absolute atomic E-state index is 0.0306. The van der Waals surface area contributed by atoms with E-state index in [1.165, 1.54) is 6.07 Å². The van der Waals surface area contributed by atoms with Crippen molar-refractivity contribution in [2.75, 3.05) is 31.1 Å². The van der Waals surface area contributed by atoms with Crippen molar-refractivity contribution >= 4 is 5.69 Å². The zero-order valence-electron chi connectivity index (χ0n) is 16.9. The molecule has 0 spiro atoms. The van der Waals surface area contributed by atoms with Crippen LogP contribution in [0.5, 0.6) is 0 Å². The Morgan fingerprint density at radius 3 is 2.52 bits per heavy atom. The van der Waals surface area contributed by atoms with Crippen molar-refractivity contribution in [2.24, 2.45) is 0 Å². The van der Waals surface area contributed by atoms with Crippen LogP contribution in [0.15, 0.2) is 47.0 Å². The second kappa shape index (κ2) is 8.40. The Labute approximate surface area is 177 Å². The molecule has 1 aromatic heterocycles. The number of rotatable bonds is 4. The van der Waals surface area contributed by atoms with E-state index in [2.05, 4.69) is 15.0 Å². The number of hydrogen-bond acceptors (Lipinski definition) is 6. The summed E-state index contributed by atoms with van der Waals surface area (Å²) in [6.07, 6.45) is -4.47. The van der Waals surface area contributed by atoms with Crippen LogP contribution in [0.25, 0.3) is 11.4 Å². The summed E-state index contributed by atoms with van der Waals surface area (Å²) in [5.41, 5.74) is 1.73. The van der Waals surface area contributed by atoms with E-state index in [1.54, 1.807) is 0 Å². The van der Waals surface area contributed by atoms with Gasteiger partial charge in [0.05, 0.1) is 23.4 Å². The average Bonchev–Trinajstić information content (AvgIpc) is 3.21. The van der Waals surface area contributed by atoms with Gasteiger partial charge in [0, 0.05) is 31.7 Å². The van der Waals surface area contributed by atoms with Crippen molar-refractivity contribution in [2.45, 2.75) is 19.6 Å². The fourth-order valence-corrected chi connectivity index (χ4v) is 3.67. The second-order valence-electron chi connectivity index (χ2n) is 7.43. The highest BCUT2D eigenvalue weighted by molar-refractivity contribution is 5.61. The molecule has 0 N–H and O–H groups in total. The Kier molecular flexibility index (Phi) is 5.65. The zero-order chi connectivity index (χ0) is 22.0. The lowest BCUT2D eigenvalue weighted by Gasteiger charge is -2.35. The molecule has 1 saturated heterocycles. The van der Waals surface area contributed by atoms with Crippen LogP contribution in [0.3, 0.4) is 0 Å². The number of piperazine rings is 1. The molecule has 31 heavy (non-hydrogen) atoms. The maximum Gasteiger partial charge on any atom is 0.416 e. The summed E-state index contributed by atoms with van der Waals surface area (Å²) in [5, 5.41) is 13.4. The van der Waals surface area contributed by atoms with Crippen LogP contribution < -0.4 is 4.90 Å². The summed E-state index contributed by atoms with van der Waals surface area (Å²) in [5.74, 6) is 1.06. The molecule has 1 aliphatic heterocycles. The summed E-state index contributed by atoms with van der Waals surface area (Å²) in [6.45, 7) is 4.96.